The lowest BCUT2D eigenvalue weighted by atomic mass is 9.98. The second-order valence-corrected chi connectivity index (χ2v) is 8.68. The van der Waals surface area contributed by atoms with Crippen LogP contribution in [0.3, 0.4) is 0 Å². The van der Waals surface area contributed by atoms with E-state index < -0.39 is 0 Å². The largest absolute Gasteiger partial charge is 0.383 e. The molecule has 0 radical (unpaired) electrons. The molecule has 3 aliphatic heterocycles. The number of methoxy groups -OCH3 is 1. The lowest BCUT2D eigenvalue weighted by Crippen LogP contribution is -2.50. The number of ether oxygens (including phenoxy) is 1. The van der Waals surface area contributed by atoms with Gasteiger partial charge in [0.05, 0.1) is 6.61 Å². The molecule has 174 valence electrons. The Labute approximate surface area is 182 Å². The Morgan fingerprint density at radius 2 is 1.37 bits per heavy atom. The third-order valence-electron chi connectivity index (χ3n) is 6.79. The van der Waals surface area contributed by atoms with Gasteiger partial charge >= 0.3 is 0 Å². The molecule has 0 aromatic heterocycles. The third kappa shape index (κ3) is 8.13. The minimum Gasteiger partial charge on any atom is -0.383 e. The number of piperazine rings is 1. The highest BCUT2D eigenvalue weighted by molar-refractivity contribution is 5.73. The van der Waals surface area contributed by atoms with Crippen LogP contribution in [0.1, 0.15) is 39.5 Å². The summed E-state index contributed by atoms with van der Waals surface area (Å²) in [5.74, 6) is 0.420. The van der Waals surface area contributed by atoms with Crippen molar-refractivity contribution >= 4 is 11.8 Å². The first-order valence-electron chi connectivity index (χ1n) is 11.6. The highest BCUT2D eigenvalue weighted by atomic mass is 16.5. The molecule has 0 bridgehead atoms. The van der Waals surface area contributed by atoms with Gasteiger partial charge in [0.25, 0.3) is 0 Å². The number of likely N-dealkylation sites (tertiary alicyclic amines) is 2. The standard InChI is InChI=1S/C13H25N3O.C9H18N2O2/c1-11(17)15-9-5-13(6-10-15)16-7-3-12(14-2)4-8-16;1-9(12)11-5-3-10(4-6-11)7-8-13-2/h12-14H,3-10H2,1-2H3;3-8H2,1-2H3. The summed E-state index contributed by atoms with van der Waals surface area (Å²) in [5, 5.41) is 3.37. The molecule has 3 aliphatic rings. The van der Waals surface area contributed by atoms with Gasteiger partial charge in [-0.3, -0.25) is 14.5 Å². The van der Waals surface area contributed by atoms with Crippen LogP contribution in [0.5, 0.6) is 0 Å². The first-order chi connectivity index (χ1) is 14.4. The van der Waals surface area contributed by atoms with Crippen molar-refractivity contribution < 1.29 is 14.3 Å². The topological polar surface area (TPSA) is 68.4 Å². The smallest absolute Gasteiger partial charge is 0.219 e. The van der Waals surface area contributed by atoms with Crippen LogP contribution in [-0.2, 0) is 14.3 Å². The van der Waals surface area contributed by atoms with E-state index in [2.05, 4.69) is 22.2 Å². The molecular formula is C22H43N5O3. The Balaban J connectivity index is 0.000000222. The monoisotopic (exact) mass is 425 g/mol. The molecule has 30 heavy (non-hydrogen) atoms. The van der Waals surface area contributed by atoms with Crippen LogP contribution in [0.4, 0.5) is 0 Å². The second-order valence-electron chi connectivity index (χ2n) is 8.68. The number of amides is 2. The zero-order valence-electron chi connectivity index (χ0n) is 19.6. The van der Waals surface area contributed by atoms with E-state index in [4.69, 9.17) is 4.74 Å². The number of hydrogen-bond acceptors (Lipinski definition) is 6. The Hall–Kier alpha value is -1.22. The van der Waals surface area contributed by atoms with Gasteiger partial charge in [-0.05, 0) is 45.8 Å². The van der Waals surface area contributed by atoms with Crippen molar-refractivity contribution in [3.63, 3.8) is 0 Å². The molecule has 3 heterocycles. The number of rotatable bonds is 5. The van der Waals surface area contributed by atoms with Crippen molar-refractivity contribution in [3.8, 4) is 0 Å². The van der Waals surface area contributed by atoms with E-state index in [-0.39, 0.29) is 11.8 Å². The summed E-state index contributed by atoms with van der Waals surface area (Å²) in [7, 11) is 3.78. The fraction of sp³-hybridized carbons (Fsp3) is 0.909. The normalized spacial score (nSPS) is 22.5. The highest BCUT2D eigenvalue weighted by Gasteiger charge is 2.28. The van der Waals surface area contributed by atoms with Gasteiger partial charge < -0.3 is 24.8 Å². The summed E-state index contributed by atoms with van der Waals surface area (Å²) in [6.45, 7) is 13.1. The molecule has 0 aliphatic carbocycles. The molecule has 0 saturated carbocycles. The Morgan fingerprint density at radius 3 is 1.83 bits per heavy atom. The molecule has 3 fully saturated rings. The highest BCUT2D eigenvalue weighted by Crippen LogP contribution is 2.21. The van der Waals surface area contributed by atoms with Gasteiger partial charge in [0.15, 0.2) is 0 Å². The molecule has 1 N–H and O–H groups in total. The first kappa shape index (κ1) is 25.0. The lowest BCUT2D eigenvalue weighted by molar-refractivity contribution is -0.131. The molecule has 2 amide bonds. The lowest BCUT2D eigenvalue weighted by Gasteiger charge is -2.41. The molecular weight excluding hydrogens is 382 g/mol. The van der Waals surface area contributed by atoms with Crippen molar-refractivity contribution in [2.75, 3.05) is 79.7 Å². The number of hydrogen-bond donors (Lipinski definition) is 1. The van der Waals surface area contributed by atoms with Gasteiger partial charge in [0, 0.05) is 78.9 Å². The van der Waals surface area contributed by atoms with E-state index in [0.717, 1.165) is 65.3 Å². The summed E-state index contributed by atoms with van der Waals surface area (Å²) in [4.78, 5) is 31.1. The average molecular weight is 426 g/mol. The second kappa shape index (κ2) is 13.2. The van der Waals surface area contributed by atoms with Gasteiger partial charge in [-0.2, -0.15) is 0 Å². The van der Waals surface area contributed by atoms with E-state index in [9.17, 15) is 9.59 Å². The maximum Gasteiger partial charge on any atom is 0.219 e. The quantitative estimate of drug-likeness (QED) is 0.691. The minimum absolute atomic E-state index is 0.186. The zero-order valence-corrected chi connectivity index (χ0v) is 19.6. The Morgan fingerprint density at radius 1 is 0.833 bits per heavy atom. The Kier molecular flexibility index (Phi) is 11.1. The fourth-order valence-corrected chi connectivity index (χ4v) is 4.61. The van der Waals surface area contributed by atoms with E-state index in [1.165, 1.54) is 25.9 Å². The SMILES string of the molecule is CNC1CCN(C2CCN(C(C)=O)CC2)CC1.COCCN1CCN(C(C)=O)CC1. The van der Waals surface area contributed by atoms with Crippen LogP contribution < -0.4 is 5.32 Å². The summed E-state index contributed by atoms with van der Waals surface area (Å²) < 4.78 is 5.00. The number of piperidine rings is 2. The fourth-order valence-electron chi connectivity index (χ4n) is 4.61. The van der Waals surface area contributed by atoms with Crippen molar-refractivity contribution in [3.05, 3.63) is 0 Å². The number of nitrogens with zero attached hydrogens (tertiary/aromatic N) is 4. The number of carbonyl (C=O) groups excluding carboxylic acids is 2. The maximum absolute atomic E-state index is 11.3. The van der Waals surface area contributed by atoms with E-state index in [1.807, 2.05) is 9.80 Å². The van der Waals surface area contributed by atoms with Crippen molar-refractivity contribution in [1.29, 1.82) is 0 Å². The Bertz CT molecular complexity index is 509. The molecule has 0 aromatic carbocycles. The number of carbonyl (C=O) groups is 2. The minimum atomic E-state index is 0.186. The molecule has 3 rings (SSSR count). The molecule has 8 heteroatoms. The van der Waals surface area contributed by atoms with Gasteiger partial charge in [-0.15, -0.1) is 0 Å². The predicted molar refractivity (Wildman–Crippen MR) is 120 cm³/mol. The van der Waals surface area contributed by atoms with E-state index in [0.29, 0.717) is 12.1 Å². The average Bonchev–Trinajstić information content (AvgIpc) is 2.78. The molecule has 3 saturated heterocycles. The van der Waals surface area contributed by atoms with Crippen LogP contribution in [0.15, 0.2) is 0 Å². The van der Waals surface area contributed by atoms with Gasteiger partial charge in [-0.25, -0.2) is 0 Å². The predicted octanol–water partition coefficient (Wildman–Crippen LogP) is 0.478. The molecule has 0 unspecified atom stereocenters. The van der Waals surface area contributed by atoms with Crippen LogP contribution in [0, 0.1) is 0 Å². The van der Waals surface area contributed by atoms with Gasteiger partial charge in [0.2, 0.25) is 11.8 Å². The van der Waals surface area contributed by atoms with Crippen molar-refractivity contribution in [2.45, 2.75) is 51.6 Å². The third-order valence-corrected chi connectivity index (χ3v) is 6.79. The maximum atomic E-state index is 11.3. The van der Waals surface area contributed by atoms with E-state index >= 15 is 0 Å². The van der Waals surface area contributed by atoms with Crippen molar-refractivity contribution in [2.24, 2.45) is 0 Å². The molecule has 0 aromatic rings. The van der Waals surface area contributed by atoms with E-state index in [1.54, 1.807) is 21.0 Å². The van der Waals surface area contributed by atoms with Gasteiger partial charge in [0.1, 0.15) is 0 Å². The zero-order chi connectivity index (χ0) is 21.9. The van der Waals surface area contributed by atoms with Crippen LogP contribution in [0.2, 0.25) is 0 Å². The van der Waals surface area contributed by atoms with Crippen LogP contribution >= 0.6 is 0 Å². The molecule has 8 nitrogen and oxygen atoms in total. The number of nitrogens with one attached hydrogen (secondary N) is 1. The van der Waals surface area contributed by atoms with Gasteiger partial charge in [-0.1, -0.05) is 0 Å². The van der Waals surface area contributed by atoms with Crippen LogP contribution in [-0.4, -0.2) is 123 Å². The molecule has 0 atom stereocenters. The summed E-state index contributed by atoms with van der Waals surface area (Å²) in [6.07, 6.45) is 4.85. The summed E-state index contributed by atoms with van der Waals surface area (Å²) in [6, 6.07) is 1.42. The summed E-state index contributed by atoms with van der Waals surface area (Å²) >= 11 is 0. The summed E-state index contributed by atoms with van der Waals surface area (Å²) in [5.41, 5.74) is 0. The van der Waals surface area contributed by atoms with Crippen LogP contribution in [0.25, 0.3) is 0 Å². The van der Waals surface area contributed by atoms with Crippen molar-refractivity contribution in [1.82, 2.24) is 24.9 Å². The molecule has 0 spiro atoms. The first-order valence-corrected chi connectivity index (χ1v) is 11.6.